The van der Waals surface area contributed by atoms with Crippen molar-refractivity contribution in [3.63, 3.8) is 0 Å². The smallest absolute Gasteiger partial charge is 0.306 e. The fourth-order valence-corrected chi connectivity index (χ4v) is 1.75. The molecular weight excluding hydrogens is 248 g/mol. The summed E-state index contributed by atoms with van der Waals surface area (Å²) in [5, 5.41) is 0. The van der Waals surface area contributed by atoms with Crippen LogP contribution in [-0.4, -0.2) is 13.1 Å². The number of hydrogen-bond donors (Lipinski definition) is 0. The SMILES string of the molecule is CCC=CCCC(CC(=O)OC)C(C)=CC=CCl. The molecule has 0 rings (SSSR count). The fourth-order valence-electron chi connectivity index (χ4n) is 1.68. The highest BCUT2D eigenvalue weighted by atomic mass is 35.5. The number of ether oxygens (including phenoxy) is 1. The molecule has 0 saturated heterocycles. The van der Waals surface area contributed by atoms with E-state index in [4.69, 9.17) is 16.3 Å². The first-order valence-electron chi connectivity index (χ1n) is 6.31. The Morgan fingerprint density at radius 3 is 2.67 bits per heavy atom. The van der Waals surface area contributed by atoms with Crippen molar-refractivity contribution in [3.05, 3.63) is 35.4 Å². The van der Waals surface area contributed by atoms with Crippen LogP contribution in [0.25, 0.3) is 0 Å². The molecule has 0 N–H and O–H groups in total. The van der Waals surface area contributed by atoms with Gasteiger partial charge < -0.3 is 4.74 Å². The molecule has 0 amide bonds. The molecule has 1 unspecified atom stereocenters. The fraction of sp³-hybridized carbons (Fsp3) is 0.533. The minimum absolute atomic E-state index is 0.165. The zero-order valence-corrected chi connectivity index (χ0v) is 12.2. The van der Waals surface area contributed by atoms with E-state index in [-0.39, 0.29) is 11.9 Å². The van der Waals surface area contributed by atoms with Crippen molar-refractivity contribution in [3.8, 4) is 0 Å². The van der Waals surface area contributed by atoms with E-state index in [0.29, 0.717) is 6.42 Å². The summed E-state index contributed by atoms with van der Waals surface area (Å²) in [6.07, 6.45) is 11.4. The molecule has 0 aliphatic rings. The molecule has 0 spiro atoms. The van der Waals surface area contributed by atoms with Crippen molar-refractivity contribution in [2.75, 3.05) is 7.11 Å². The van der Waals surface area contributed by atoms with E-state index >= 15 is 0 Å². The van der Waals surface area contributed by atoms with Crippen LogP contribution in [0, 0.1) is 5.92 Å². The van der Waals surface area contributed by atoms with E-state index in [2.05, 4.69) is 19.1 Å². The number of rotatable bonds is 8. The first kappa shape index (κ1) is 17.0. The monoisotopic (exact) mass is 270 g/mol. The van der Waals surface area contributed by atoms with E-state index in [1.807, 2.05) is 13.0 Å². The number of carbonyl (C=O) groups excluding carboxylic acids is 1. The van der Waals surface area contributed by atoms with E-state index in [1.165, 1.54) is 12.6 Å². The van der Waals surface area contributed by atoms with Crippen LogP contribution in [-0.2, 0) is 9.53 Å². The summed E-state index contributed by atoms with van der Waals surface area (Å²) in [5.74, 6) is 0.0499. The predicted octanol–water partition coefficient (Wildman–Crippen LogP) is 4.61. The molecule has 102 valence electrons. The number of allylic oxidation sites excluding steroid dienone is 5. The van der Waals surface area contributed by atoms with Crippen LogP contribution in [0.15, 0.2) is 35.4 Å². The minimum atomic E-state index is -0.165. The molecule has 0 aliphatic carbocycles. The number of halogens is 1. The van der Waals surface area contributed by atoms with Crippen molar-refractivity contribution in [1.29, 1.82) is 0 Å². The summed E-state index contributed by atoms with van der Waals surface area (Å²) in [7, 11) is 1.42. The van der Waals surface area contributed by atoms with Gasteiger partial charge in [0.15, 0.2) is 0 Å². The first-order chi connectivity index (χ1) is 8.65. The van der Waals surface area contributed by atoms with Crippen molar-refractivity contribution in [1.82, 2.24) is 0 Å². The summed E-state index contributed by atoms with van der Waals surface area (Å²) >= 11 is 5.50. The van der Waals surface area contributed by atoms with Crippen LogP contribution in [0.3, 0.4) is 0 Å². The Kier molecular flexibility index (Phi) is 10.5. The van der Waals surface area contributed by atoms with Crippen molar-refractivity contribution < 1.29 is 9.53 Å². The first-order valence-corrected chi connectivity index (χ1v) is 6.74. The Hall–Kier alpha value is -1.02. The number of esters is 1. The largest absolute Gasteiger partial charge is 0.469 e. The van der Waals surface area contributed by atoms with Gasteiger partial charge in [0.2, 0.25) is 0 Å². The lowest BCUT2D eigenvalue weighted by molar-refractivity contribution is -0.141. The van der Waals surface area contributed by atoms with Gasteiger partial charge in [-0.1, -0.05) is 48.4 Å². The summed E-state index contributed by atoms with van der Waals surface area (Å²) in [6.45, 7) is 4.13. The molecule has 2 nitrogen and oxygen atoms in total. The van der Waals surface area contributed by atoms with Gasteiger partial charge in [0, 0.05) is 5.54 Å². The van der Waals surface area contributed by atoms with Crippen LogP contribution in [0.2, 0.25) is 0 Å². The standard InChI is InChI=1S/C15H23ClO2/c1-4-5-6-7-10-14(12-15(17)18-3)13(2)9-8-11-16/h5-6,8-9,11,14H,4,7,10,12H2,1-3H3. The van der Waals surface area contributed by atoms with Gasteiger partial charge >= 0.3 is 5.97 Å². The van der Waals surface area contributed by atoms with Gasteiger partial charge in [0.1, 0.15) is 0 Å². The van der Waals surface area contributed by atoms with Gasteiger partial charge in [-0.25, -0.2) is 0 Å². The molecule has 3 heteroatoms. The van der Waals surface area contributed by atoms with E-state index < -0.39 is 0 Å². The third-order valence-corrected chi connectivity index (χ3v) is 2.95. The Labute approximate surface area is 115 Å². The Bertz CT molecular complexity index is 316. The maximum Gasteiger partial charge on any atom is 0.306 e. The number of carbonyl (C=O) groups is 1. The van der Waals surface area contributed by atoms with Gasteiger partial charge in [0.05, 0.1) is 13.5 Å². The molecule has 0 aromatic rings. The molecule has 0 radical (unpaired) electrons. The Balaban J connectivity index is 4.50. The third-order valence-electron chi connectivity index (χ3n) is 2.80. The molecule has 0 aromatic heterocycles. The second-order valence-electron chi connectivity index (χ2n) is 4.16. The summed E-state index contributed by atoms with van der Waals surface area (Å²) in [4.78, 5) is 11.4. The van der Waals surface area contributed by atoms with E-state index in [0.717, 1.165) is 24.8 Å². The van der Waals surface area contributed by atoms with Crippen LogP contribution < -0.4 is 0 Å². The normalized spacial score (nSPS) is 14.3. The molecule has 1 atom stereocenters. The van der Waals surface area contributed by atoms with Gasteiger partial charge in [0.25, 0.3) is 0 Å². The highest BCUT2D eigenvalue weighted by Crippen LogP contribution is 2.22. The Morgan fingerprint density at radius 2 is 2.11 bits per heavy atom. The molecule has 0 saturated carbocycles. The molecule has 0 heterocycles. The van der Waals surface area contributed by atoms with Crippen LogP contribution in [0.5, 0.6) is 0 Å². The third kappa shape index (κ3) is 8.13. The highest BCUT2D eigenvalue weighted by Gasteiger charge is 2.14. The minimum Gasteiger partial charge on any atom is -0.469 e. The summed E-state index contributed by atoms with van der Waals surface area (Å²) in [6, 6.07) is 0. The molecule has 0 aliphatic heterocycles. The van der Waals surface area contributed by atoms with Gasteiger partial charge in [-0.15, -0.1) is 0 Å². The molecule has 0 fully saturated rings. The zero-order valence-electron chi connectivity index (χ0n) is 11.5. The summed E-state index contributed by atoms with van der Waals surface area (Å²) < 4.78 is 4.73. The molecule has 0 bridgehead atoms. The number of hydrogen-bond acceptors (Lipinski definition) is 2. The van der Waals surface area contributed by atoms with Crippen LogP contribution in [0.1, 0.15) is 39.5 Å². The maximum absolute atomic E-state index is 11.4. The van der Waals surface area contributed by atoms with Gasteiger partial charge in [-0.05, 0) is 32.1 Å². The molecule has 18 heavy (non-hydrogen) atoms. The van der Waals surface area contributed by atoms with E-state index in [9.17, 15) is 4.79 Å². The average Bonchev–Trinajstić information content (AvgIpc) is 2.39. The highest BCUT2D eigenvalue weighted by molar-refractivity contribution is 6.25. The lowest BCUT2D eigenvalue weighted by atomic mass is 9.91. The maximum atomic E-state index is 11.4. The molecular formula is C15H23ClO2. The van der Waals surface area contributed by atoms with Crippen LogP contribution >= 0.6 is 11.6 Å². The van der Waals surface area contributed by atoms with Crippen molar-refractivity contribution >= 4 is 17.6 Å². The van der Waals surface area contributed by atoms with Crippen molar-refractivity contribution in [2.24, 2.45) is 5.92 Å². The topological polar surface area (TPSA) is 26.3 Å². The van der Waals surface area contributed by atoms with Crippen LogP contribution in [0.4, 0.5) is 0 Å². The lowest BCUT2D eigenvalue weighted by Crippen LogP contribution is -2.11. The number of methoxy groups -OCH3 is 1. The quantitative estimate of drug-likeness (QED) is 0.366. The summed E-state index contributed by atoms with van der Waals surface area (Å²) in [5.41, 5.74) is 2.62. The zero-order chi connectivity index (χ0) is 13.8. The average molecular weight is 271 g/mol. The Morgan fingerprint density at radius 1 is 1.39 bits per heavy atom. The lowest BCUT2D eigenvalue weighted by Gasteiger charge is -2.15. The van der Waals surface area contributed by atoms with Gasteiger partial charge in [-0.3, -0.25) is 4.79 Å². The predicted molar refractivity (Wildman–Crippen MR) is 77.5 cm³/mol. The van der Waals surface area contributed by atoms with Gasteiger partial charge in [-0.2, -0.15) is 0 Å². The van der Waals surface area contributed by atoms with E-state index in [1.54, 1.807) is 6.08 Å². The van der Waals surface area contributed by atoms with Crippen molar-refractivity contribution in [2.45, 2.75) is 39.5 Å². The second kappa shape index (κ2) is 11.1. The molecule has 0 aromatic carbocycles. The second-order valence-corrected chi connectivity index (χ2v) is 4.42.